The monoisotopic (exact) mass is 317 g/mol. The second kappa shape index (κ2) is 3.96. The van der Waals surface area contributed by atoms with E-state index >= 15 is 0 Å². The molecule has 1 aromatic rings. The zero-order valence-corrected chi connectivity index (χ0v) is 9.37. The van der Waals surface area contributed by atoms with E-state index in [9.17, 15) is 13.2 Å². The van der Waals surface area contributed by atoms with Crippen LogP contribution in [0.2, 0.25) is 0 Å². The Morgan fingerprint density at radius 2 is 2.00 bits per heavy atom. The van der Waals surface area contributed by atoms with Crippen molar-refractivity contribution in [3.05, 3.63) is 28.0 Å². The number of rotatable bonds is 1. The second-order valence-electron chi connectivity index (χ2n) is 2.26. The Morgan fingerprint density at radius 1 is 1.38 bits per heavy atom. The summed E-state index contributed by atoms with van der Waals surface area (Å²) in [5, 5.41) is 0.121. The minimum absolute atomic E-state index is 0.120. The normalized spacial score (nSPS) is 11.8. The molecule has 0 aliphatic rings. The van der Waals surface area contributed by atoms with Gasteiger partial charge in [-0.2, -0.15) is 13.2 Å². The zero-order chi connectivity index (χ0) is 10.1. The van der Waals surface area contributed by atoms with Gasteiger partial charge in [-0.3, -0.25) is 0 Å². The van der Waals surface area contributed by atoms with Gasteiger partial charge in [0.2, 0.25) is 0 Å². The van der Waals surface area contributed by atoms with Gasteiger partial charge in [-0.25, -0.2) is 4.98 Å². The van der Waals surface area contributed by atoms with Gasteiger partial charge in [0, 0.05) is 17.1 Å². The lowest BCUT2D eigenvalue weighted by Crippen LogP contribution is -2.09. The van der Waals surface area contributed by atoms with Crippen LogP contribution in [0.5, 0.6) is 0 Å². The minimum Gasteiger partial charge on any atom is -0.249 e. The van der Waals surface area contributed by atoms with Crippen LogP contribution in [0.4, 0.5) is 13.2 Å². The van der Waals surface area contributed by atoms with Gasteiger partial charge in [0.1, 0.15) is 4.60 Å². The molecule has 0 aliphatic heterocycles. The molecule has 0 radical (unpaired) electrons. The first-order valence-electron chi connectivity index (χ1n) is 3.23. The lowest BCUT2D eigenvalue weighted by Gasteiger charge is -2.11. The van der Waals surface area contributed by atoms with Crippen molar-refractivity contribution in [3.63, 3.8) is 0 Å². The highest BCUT2D eigenvalue weighted by Gasteiger charge is 2.33. The highest BCUT2D eigenvalue weighted by atomic mass is 79.9. The zero-order valence-electron chi connectivity index (χ0n) is 6.20. The van der Waals surface area contributed by atoms with Crippen LogP contribution in [0, 0.1) is 0 Å². The third-order valence-electron chi connectivity index (χ3n) is 1.44. The van der Waals surface area contributed by atoms with E-state index in [1.54, 1.807) is 0 Å². The van der Waals surface area contributed by atoms with Gasteiger partial charge in [0.15, 0.2) is 0 Å². The van der Waals surface area contributed by atoms with Gasteiger partial charge in [-0.1, -0.05) is 15.9 Å². The first-order valence-corrected chi connectivity index (χ1v) is 5.15. The Balaban J connectivity index is 3.29. The fourth-order valence-electron chi connectivity index (χ4n) is 0.860. The maximum absolute atomic E-state index is 12.3. The van der Waals surface area contributed by atoms with Gasteiger partial charge < -0.3 is 0 Å². The van der Waals surface area contributed by atoms with Gasteiger partial charge in [0.25, 0.3) is 0 Å². The topological polar surface area (TPSA) is 12.9 Å². The fraction of sp³-hybridized carbons (Fsp3) is 0.286. The molecule has 0 atom stereocenters. The molecule has 0 bridgehead atoms. The van der Waals surface area contributed by atoms with Crippen LogP contribution in [0.25, 0.3) is 0 Å². The summed E-state index contributed by atoms with van der Waals surface area (Å²) in [6.45, 7) is 0. The molecule has 0 aliphatic carbocycles. The van der Waals surface area contributed by atoms with Crippen LogP contribution < -0.4 is 0 Å². The number of pyridine rings is 1. The van der Waals surface area contributed by atoms with Crippen LogP contribution in [-0.2, 0) is 11.5 Å². The number of alkyl halides is 4. The summed E-state index contributed by atoms with van der Waals surface area (Å²) in [6.07, 6.45) is -3.20. The van der Waals surface area contributed by atoms with E-state index in [-0.39, 0.29) is 15.5 Å². The Kier molecular flexibility index (Phi) is 3.34. The first kappa shape index (κ1) is 11.0. The summed E-state index contributed by atoms with van der Waals surface area (Å²) in [4.78, 5) is 3.71. The molecule has 0 saturated heterocycles. The molecule has 72 valence electrons. The summed E-state index contributed by atoms with van der Waals surface area (Å²) in [5.74, 6) is 0. The molecule has 1 rings (SSSR count). The summed E-state index contributed by atoms with van der Waals surface area (Å²) in [5.41, 5.74) is -0.541. The van der Waals surface area contributed by atoms with E-state index in [2.05, 4.69) is 36.8 Å². The van der Waals surface area contributed by atoms with Gasteiger partial charge in [-0.05, 0) is 22.0 Å². The number of nitrogens with zero attached hydrogens (tertiary/aromatic N) is 1. The Labute approximate surface area is 89.6 Å². The molecule has 0 amide bonds. The highest BCUT2D eigenvalue weighted by Crippen LogP contribution is 2.34. The maximum atomic E-state index is 12.3. The lowest BCUT2D eigenvalue weighted by atomic mass is 10.1. The summed E-state index contributed by atoms with van der Waals surface area (Å²) >= 11 is 5.94. The van der Waals surface area contributed by atoms with Crippen LogP contribution in [0.3, 0.4) is 0 Å². The number of hydrogen-bond donors (Lipinski definition) is 0. The predicted molar refractivity (Wildman–Crippen MR) is 49.6 cm³/mol. The van der Waals surface area contributed by atoms with Crippen LogP contribution in [-0.4, -0.2) is 4.98 Å². The van der Waals surface area contributed by atoms with Crippen LogP contribution >= 0.6 is 31.9 Å². The molecule has 6 heteroatoms. The molecule has 1 heterocycles. The molecule has 0 aromatic carbocycles. The second-order valence-corrected chi connectivity index (χ2v) is 3.57. The SMILES string of the molecule is FC(F)(F)c1ccnc(Br)c1CBr. The number of hydrogen-bond acceptors (Lipinski definition) is 1. The van der Waals surface area contributed by atoms with E-state index in [0.717, 1.165) is 12.3 Å². The van der Waals surface area contributed by atoms with E-state index in [1.165, 1.54) is 0 Å². The molecule has 13 heavy (non-hydrogen) atoms. The van der Waals surface area contributed by atoms with Crippen molar-refractivity contribution in [2.24, 2.45) is 0 Å². The van der Waals surface area contributed by atoms with E-state index in [4.69, 9.17) is 0 Å². The van der Waals surface area contributed by atoms with Gasteiger partial charge in [0.05, 0.1) is 5.56 Å². The van der Waals surface area contributed by atoms with Crippen molar-refractivity contribution in [1.29, 1.82) is 0 Å². The van der Waals surface area contributed by atoms with Gasteiger partial charge >= 0.3 is 6.18 Å². The van der Waals surface area contributed by atoms with Crippen molar-refractivity contribution in [3.8, 4) is 0 Å². The predicted octanol–water partition coefficient (Wildman–Crippen LogP) is 3.76. The third kappa shape index (κ3) is 2.43. The van der Waals surface area contributed by atoms with E-state index in [0.29, 0.717) is 0 Å². The van der Waals surface area contributed by atoms with Crippen molar-refractivity contribution in [1.82, 2.24) is 4.98 Å². The van der Waals surface area contributed by atoms with Gasteiger partial charge in [-0.15, -0.1) is 0 Å². The maximum Gasteiger partial charge on any atom is 0.416 e. The fourth-order valence-corrected chi connectivity index (χ4v) is 2.28. The average molecular weight is 319 g/mol. The molecule has 0 spiro atoms. The molecule has 0 unspecified atom stereocenters. The van der Waals surface area contributed by atoms with E-state index < -0.39 is 11.7 Å². The quantitative estimate of drug-likeness (QED) is 0.567. The molecule has 1 nitrogen and oxygen atoms in total. The number of aromatic nitrogens is 1. The number of halogens is 5. The molecule has 0 fully saturated rings. The third-order valence-corrected chi connectivity index (χ3v) is 2.69. The molecule has 0 saturated carbocycles. The minimum atomic E-state index is -4.32. The average Bonchev–Trinajstić information content (AvgIpc) is 2.02. The van der Waals surface area contributed by atoms with Crippen LogP contribution in [0.1, 0.15) is 11.1 Å². The first-order chi connectivity index (χ1) is 5.96. The Bertz CT molecular complexity index is 311. The molecule has 0 N–H and O–H groups in total. The van der Waals surface area contributed by atoms with Crippen molar-refractivity contribution >= 4 is 31.9 Å². The summed E-state index contributed by atoms with van der Waals surface area (Å²) in [7, 11) is 0. The molecular formula is C7H4Br2F3N. The smallest absolute Gasteiger partial charge is 0.249 e. The van der Waals surface area contributed by atoms with Crippen LogP contribution in [0.15, 0.2) is 16.9 Å². The van der Waals surface area contributed by atoms with Crippen molar-refractivity contribution < 1.29 is 13.2 Å². The summed E-state index contributed by atoms with van der Waals surface area (Å²) < 4.78 is 37.3. The standard InChI is InChI=1S/C7H4Br2F3N/c8-3-4-5(7(10,11)12)1-2-13-6(4)9/h1-2H,3H2. The Morgan fingerprint density at radius 3 is 2.38 bits per heavy atom. The van der Waals surface area contributed by atoms with Crippen molar-refractivity contribution in [2.75, 3.05) is 0 Å². The summed E-state index contributed by atoms with van der Waals surface area (Å²) in [6, 6.07) is 0.960. The van der Waals surface area contributed by atoms with Crippen molar-refractivity contribution in [2.45, 2.75) is 11.5 Å². The Hall–Kier alpha value is -0.100. The highest BCUT2D eigenvalue weighted by molar-refractivity contribution is 9.10. The lowest BCUT2D eigenvalue weighted by molar-refractivity contribution is -0.138. The largest absolute Gasteiger partial charge is 0.416 e. The molecular weight excluding hydrogens is 315 g/mol. The molecule has 1 aromatic heterocycles. The van der Waals surface area contributed by atoms with E-state index in [1.807, 2.05) is 0 Å².